The SMILES string of the molecule is Cc1ccc(-c2ccc(C=O)o2)c(NC2CCN(C(=O)OC(C)(C)C)CC2)c1. The molecule has 6 heteroatoms. The van der Waals surface area contributed by atoms with Gasteiger partial charge in [0, 0.05) is 30.4 Å². The van der Waals surface area contributed by atoms with Crippen molar-refractivity contribution in [1.29, 1.82) is 0 Å². The summed E-state index contributed by atoms with van der Waals surface area (Å²) < 4.78 is 11.1. The minimum atomic E-state index is -0.480. The number of nitrogens with one attached hydrogen (secondary N) is 1. The number of carbonyl (C=O) groups is 2. The summed E-state index contributed by atoms with van der Waals surface area (Å²) in [5, 5.41) is 3.60. The first-order valence-corrected chi connectivity index (χ1v) is 9.65. The first-order chi connectivity index (χ1) is 13.2. The highest BCUT2D eigenvalue weighted by atomic mass is 16.6. The lowest BCUT2D eigenvalue weighted by molar-refractivity contribution is 0.0210. The van der Waals surface area contributed by atoms with Crippen LogP contribution in [0.5, 0.6) is 0 Å². The molecular formula is C22H28N2O4. The predicted molar refractivity (Wildman–Crippen MR) is 109 cm³/mol. The van der Waals surface area contributed by atoms with Gasteiger partial charge >= 0.3 is 6.09 Å². The summed E-state index contributed by atoms with van der Waals surface area (Å²) in [4.78, 5) is 24.9. The van der Waals surface area contributed by atoms with E-state index < -0.39 is 5.60 Å². The average Bonchev–Trinajstić information content (AvgIpc) is 3.10. The van der Waals surface area contributed by atoms with E-state index in [0.29, 0.717) is 30.9 Å². The fraction of sp³-hybridized carbons (Fsp3) is 0.455. The molecule has 1 saturated heterocycles. The highest BCUT2D eigenvalue weighted by Gasteiger charge is 2.27. The normalized spacial score (nSPS) is 15.4. The molecule has 0 bridgehead atoms. The molecule has 150 valence electrons. The highest BCUT2D eigenvalue weighted by Crippen LogP contribution is 2.32. The smallest absolute Gasteiger partial charge is 0.410 e. The van der Waals surface area contributed by atoms with Crippen molar-refractivity contribution in [1.82, 2.24) is 4.90 Å². The van der Waals surface area contributed by atoms with Crippen molar-refractivity contribution < 1.29 is 18.7 Å². The Hall–Kier alpha value is -2.76. The van der Waals surface area contributed by atoms with E-state index in [2.05, 4.69) is 11.4 Å². The van der Waals surface area contributed by atoms with E-state index >= 15 is 0 Å². The molecule has 0 unspecified atom stereocenters. The molecule has 2 aromatic rings. The Morgan fingerprint density at radius 2 is 1.93 bits per heavy atom. The number of aryl methyl sites for hydroxylation is 1. The molecule has 0 radical (unpaired) electrons. The first kappa shape index (κ1) is 20.0. The second kappa shape index (κ2) is 8.09. The number of rotatable bonds is 4. The van der Waals surface area contributed by atoms with Gasteiger partial charge in [-0.25, -0.2) is 4.79 Å². The van der Waals surface area contributed by atoms with Gasteiger partial charge in [0.2, 0.25) is 0 Å². The maximum absolute atomic E-state index is 12.2. The number of likely N-dealkylation sites (tertiary alicyclic amines) is 1. The molecule has 6 nitrogen and oxygen atoms in total. The monoisotopic (exact) mass is 384 g/mol. The highest BCUT2D eigenvalue weighted by molar-refractivity contribution is 5.78. The van der Waals surface area contributed by atoms with Crippen LogP contribution in [0, 0.1) is 6.92 Å². The fourth-order valence-electron chi connectivity index (χ4n) is 3.31. The minimum absolute atomic E-state index is 0.250. The molecule has 28 heavy (non-hydrogen) atoms. The largest absolute Gasteiger partial charge is 0.453 e. The number of carbonyl (C=O) groups excluding carboxylic acids is 2. The van der Waals surface area contributed by atoms with Crippen molar-refractivity contribution in [2.24, 2.45) is 0 Å². The summed E-state index contributed by atoms with van der Waals surface area (Å²) in [6.45, 7) is 8.99. The summed E-state index contributed by atoms with van der Waals surface area (Å²) in [5.74, 6) is 0.975. The molecule has 1 amide bonds. The zero-order valence-corrected chi connectivity index (χ0v) is 17.0. The zero-order chi connectivity index (χ0) is 20.3. The van der Waals surface area contributed by atoms with Crippen LogP contribution in [-0.2, 0) is 4.74 Å². The topological polar surface area (TPSA) is 71.8 Å². The van der Waals surface area contributed by atoms with E-state index in [1.165, 1.54) is 0 Å². The standard InChI is InChI=1S/C22H28N2O4/c1-15-5-7-18(20-8-6-17(14-25)27-20)19(13-15)23-16-9-11-24(12-10-16)21(26)28-22(2,3)4/h5-8,13-14,16,23H,9-12H2,1-4H3. The van der Waals surface area contributed by atoms with Gasteiger partial charge in [-0.1, -0.05) is 6.07 Å². The van der Waals surface area contributed by atoms with E-state index in [4.69, 9.17) is 9.15 Å². The van der Waals surface area contributed by atoms with Gasteiger partial charge in [-0.3, -0.25) is 4.79 Å². The Kier molecular flexibility index (Phi) is 5.77. The van der Waals surface area contributed by atoms with E-state index in [1.54, 1.807) is 11.0 Å². The number of amides is 1. The van der Waals surface area contributed by atoms with Gasteiger partial charge in [0.25, 0.3) is 0 Å². The number of aldehydes is 1. The van der Waals surface area contributed by atoms with Gasteiger partial charge in [0.1, 0.15) is 11.4 Å². The van der Waals surface area contributed by atoms with Crippen LogP contribution in [0.25, 0.3) is 11.3 Å². The van der Waals surface area contributed by atoms with Crippen LogP contribution in [0.4, 0.5) is 10.5 Å². The molecule has 0 saturated carbocycles. The summed E-state index contributed by atoms with van der Waals surface area (Å²) in [6.07, 6.45) is 2.13. The van der Waals surface area contributed by atoms with Crippen LogP contribution in [0.1, 0.15) is 49.7 Å². The number of nitrogens with zero attached hydrogens (tertiary/aromatic N) is 1. The number of hydrogen-bond acceptors (Lipinski definition) is 5. The molecule has 1 aromatic carbocycles. The van der Waals surface area contributed by atoms with Crippen molar-refractivity contribution in [3.05, 3.63) is 41.7 Å². The number of furan rings is 1. The second-order valence-corrected chi connectivity index (χ2v) is 8.25. The van der Waals surface area contributed by atoms with E-state index in [9.17, 15) is 9.59 Å². The molecule has 0 spiro atoms. The molecule has 1 aromatic heterocycles. The van der Waals surface area contributed by atoms with E-state index in [-0.39, 0.29) is 12.1 Å². The first-order valence-electron chi connectivity index (χ1n) is 9.65. The molecule has 1 N–H and O–H groups in total. The number of anilines is 1. The molecule has 1 aliphatic rings. The maximum Gasteiger partial charge on any atom is 0.410 e. The molecule has 1 aliphatic heterocycles. The van der Waals surface area contributed by atoms with Crippen molar-refractivity contribution in [3.63, 3.8) is 0 Å². The summed E-state index contributed by atoms with van der Waals surface area (Å²) >= 11 is 0. The zero-order valence-electron chi connectivity index (χ0n) is 17.0. The molecule has 0 aliphatic carbocycles. The lowest BCUT2D eigenvalue weighted by Gasteiger charge is -2.34. The van der Waals surface area contributed by atoms with Gasteiger partial charge in [-0.05, 0) is 70.4 Å². The van der Waals surface area contributed by atoms with Crippen LogP contribution in [0.2, 0.25) is 0 Å². The Labute approximate surface area is 165 Å². The third-order valence-corrected chi connectivity index (χ3v) is 4.69. The van der Waals surface area contributed by atoms with Crippen LogP contribution in [-0.4, -0.2) is 42.0 Å². The Balaban J connectivity index is 1.67. The lowest BCUT2D eigenvalue weighted by atomic mass is 10.0. The third kappa shape index (κ3) is 4.94. The van der Waals surface area contributed by atoms with Crippen LogP contribution in [0.3, 0.4) is 0 Å². The summed E-state index contributed by atoms with van der Waals surface area (Å²) in [7, 11) is 0. The number of hydrogen-bond donors (Lipinski definition) is 1. The number of piperidine rings is 1. The maximum atomic E-state index is 12.2. The second-order valence-electron chi connectivity index (χ2n) is 8.25. The predicted octanol–water partition coefficient (Wildman–Crippen LogP) is 4.88. The Morgan fingerprint density at radius 3 is 2.54 bits per heavy atom. The van der Waals surface area contributed by atoms with Crippen molar-refractivity contribution in [2.45, 2.75) is 52.2 Å². The number of ether oxygens (including phenoxy) is 1. The molecule has 3 rings (SSSR count). The summed E-state index contributed by atoms with van der Waals surface area (Å²) in [5.41, 5.74) is 2.56. The quantitative estimate of drug-likeness (QED) is 0.761. The van der Waals surface area contributed by atoms with Gasteiger partial charge < -0.3 is 19.4 Å². The van der Waals surface area contributed by atoms with Crippen molar-refractivity contribution in [2.75, 3.05) is 18.4 Å². The third-order valence-electron chi connectivity index (χ3n) is 4.69. The van der Waals surface area contributed by atoms with Gasteiger partial charge in [-0.2, -0.15) is 0 Å². The lowest BCUT2D eigenvalue weighted by Crippen LogP contribution is -2.44. The number of benzene rings is 1. The molecule has 2 heterocycles. The van der Waals surface area contributed by atoms with Gasteiger partial charge in [0.15, 0.2) is 12.0 Å². The van der Waals surface area contributed by atoms with Crippen LogP contribution in [0.15, 0.2) is 34.7 Å². The van der Waals surface area contributed by atoms with E-state index in [1.807, 2.05) is 45.9 Å². The van der Waals surface area contributed by atoms with Crippen LogP contribution >= 0.6 is 0 Å². The fourth-order valence-corrected chi connectivity index (χ4v) is 3.31. The van der Waals surface area contributed by atoms with Crippen molar-refractivity contribution >= 4 is 18.1 Å². The summed E-state index contributed by atoms with van der Waals surface area (Å²) in [6, 6.07) is 9.84. The Morgan fingerprint density at radius 1 is 1.21 bits per heavy atom. The molecule has 0 atom stereocenters. The van der Waals surface area contributed by atoms with E-state index in [0.717, 1.165) is 29.7 Å². The minimum Gasteiger partial charge on any atom is -0.453 e. The van der Waals surface area contributed by atoms with Gasteiger partial charge in [-0.15, -0.1) is 0 Å². The van der Waals surface area contributed by atoms with Crippen LogP contribution < -0.4 is 5.32 Å². The van der Waals surface area contributed by atoms with Crippen molar-refractivity contribution in [3.8, 4) is 11.3 Å². The molecule has 1 fully saturated rings. The van der Waals surface area contributed by atoms with Gasteiger partial charge in [0.05, 0.1) is 0 Å². The average molecular weight is 384 g/mol. The Bertz CT molecular complexity index is 842. The molecular weight excluding hydrogens is 356 g/mol.